The lowest BCUT2D eigenvalue weighted by molar-refractivity contribution is -0.133. The fraction of sp³-hybridized carbons (Fsp3) is 0.600. The van der Waals surface area contributed by atoms with E-state index in [2.05, 4.69) is 18.7 Å². The van der Waals surface area contributed by atoms with E-state index in [1.54, 1.807) is 5.57 Å². The summed E-state index contributed by atoms with van der Waals surface area (Å²) in [5.74, 6) is 5.04. The van der Waals surface area contributed by atoms with Gasteiger partial charge in [0.1, 0.15) is 0 Å². The fourth-order valence-corrected chi connectivity index (χ4v) is 5.64. The first kappa shape index (κ1) is 22.0. The van der Waals surface area contributed by atoms with Gasteiger partial charge in [0.25, 0.3) is 0 Å². The average molecular weight is 425 g/mol. The summed E-state index contributed by atoms with van der Waals surface area (Å²) in [5.41, 5.74) is 5.09. The fourth-order valence-electron chi connectivity index (χ4n) is 5.64. The van der Waals surface area contributed by atoms with Gasteiger partial charge in [0.2, 0.25) is 11.8 Å². The molecule has 2 heterocycles. The first-order valence-corrected chi connectivity index (χ1v) is 11.7. The smallest absolute Gasteiger partial charge is 0.237 e. The number of hydrazine groups is 1. The van der Waals surface area contributed by atoms with Crippen LogP contribution >= 0.6 is 0 Å². The molecule has 4 rings (SSSR count). The van der Waals surface area contributed by atoms with Crippen molar-refractivity contribution < 1.29 is 9.59 Å². The molecule has 0 spiro atoms. The Bertz CT molecular complexity index is 856. The number of anilines is 1. The molecule has 1 aromatic rings. The molecule has 0 bridgehead atoms. The number of carbonyl (C=O) groups is 2. The van der Waals surface area contributed by atoms with Crippen molar-refractivity contribution in [3.63, 3.8) is 0 Å². The third-order valence-electron chi connectivity index (χ3n) is 7.53. The number of likely N-dealkylation sites (tertiary alicyclic amines) is 1. The second-order valence-electron chi connectivity index (χ2n) is 9.63. The summed E-state index contributed by atoms with van der Waals surface area (Å²) in [6, 6.07) is 8.83. The molecule has 0 radical (unpaired) electrons. The molecule has 1 saturated carbocycles. The quantitative estimate of drug-likeness (QED) is 0.347. The molecular formula is C25H36N4O2. The van der Waals surface area contributed by atoms with E-state index < -0.39 is 5.92 Å². The van der Waals surface area contributed by atoms with Crippen LogP contribution in [0, 0.1) is 0 Å². The third-order valence-corrected chi connectivity index (χ3v) is 7.53. The van der Waals surface area contributed by atoms with Crippen LogP contribution in [-0.4, -0.2) is 53.9 Å². The number of rotatable bonds is 4. The number of allylic oxidation sites excluding steroid dienone is 2. The van der Waals surface area contributed by atoms with Crippen LogP contribution in [0.2, 0.25) is 0 Å². The molecule has 31 heavy (non-hydrogen) atoms. The molecule has 1 aromatic carbocycles. The van der Waals surface area contributed by atoms with Gasteiger partial charge in [-0.2, -0.15) is 0 Å². The number of para-hydroxylation sites is 1. The van der Waals surface area contributed by atoms with Crippen LogP contribution in [0.3, 0.4) is 0 Å². The average Bonchev–Trinajstić information content (AvgIpc) is 3.05. The van der Waals surface area contributed by atoms with Gasteiger partial charge in [0.05, 0.1) is 5.92 Å². The van der Waals surface area contributed by atoms with E-state index in [0.717, 1.165) is 42.2 Å². The van der Waals surface area contributed by atoms with Gasteiger partial charge in [-0.05, 0) is 64.0 Å². The minimum Gasteiger partial charge on any atom is -0.308 e. The van der Waals surface area contributed by atoms with Crippen LogP contribution in [0.4, 0.5) is 5.69 Å². The van der Waals surface area contributed by atoms with Crippen molar-refractivity contribution in [1.82, 2.24) is 9.91 Å². The van der Waals surface area contributed by atoms with E-state index in [1.165, 1.54) is 38.3 Å². The maximum Gasteiger partial charge on any atom is 0.237 e. The Hall–Kier alpha value is -2.18. The van der Waals surface area contributed by atoms with Crippen molar-refractivity contribution in [2.24, 2.45) is 5.84 Å². The number of benzene rings is 1. The normalized spacial score (nSPS) is 25.0. The first-order valence-electron chi connectivity index (χ1n) is 11.7. The van der Waals surface area contributed by atoms with E-state index in [0.29, 0.717) is 6.04 Å². The van der Waals surface area contributed by atoms with Crippen LogP contribution in [0.25, 0.3) is 0 Å². The van der Waals surface area contributed by atoms with Crippen molar-refractivity contribution in [2.75, 3.05) is 25.0 Å². The standard InChI is InChI=1S/C25H36N4O2/c1-17(2)18-8-10-19(11-9-18)28-14-12-20(13-15-28)29-23-7-5-4-6-21(23)22(25(29)31)16-24(30)27(3)26/h4-7,19-20,22H,8-16,26H2,1-3H3. The number of fused-ring (bicyclic) bond motifs is 1. The zero-order valence-electron chi connectivity index (χ0n) is 19.1. The summed E-state index contributed by atoms with van der Waals surface area (Å²) in [5, 5.41) is 1.09. The number of hydrogen-bond acceptors (Lipinski definition) is 4. The Morgan fingerprint density at radius 3 is 2.32 bits per heavy atom. The van der Waals surface area contributed by atoms with Crippen LogP contribution in [0.1, 0.15) is 70.3 Å². The SMILES string of the molecule is CC(C)=C1CCC(N2CCC(N3C(=O)C(CC(=O)N(C)N)c4ccccc43)CC2)CC1. The summed E-state index contributed by atoms with van der Waals surface area (Å²) in [6.07, 6.45) is 7.09. The molecule has 168 valence electrons. The summed E-state index contributed by atoms with van der Waals surface area (Å²) in [6.45, 7) is 6.55. The van der Waals surface area contributed by atoms with Gasteiger partial charge in [-0.1, -0.05) is 29.3 Å². The number of hydrogen-bond donors (Lipinski definition) is 1. The molecule has 1 saturated heterocycles. The highest BCUT2D eigenvalue weighted by molar-refractivity contribution is 6.07. The molecule has 2 aliphatic heterocycles. The van der Waals surface area contributed by atoms with Crippen LogP contribution in [-0.2, 0) is 9.59 Å². The second kappa shape index (κ2) is 9.13. The van der Waals surface area contributed by atoms with Gasteiger partial charge >= 0.3 is 0 Å². The highest BCUT2D eigenvalue weighted by atomic mass is 16.2. The Morgan fingerprint density at radius 1 is 1.06 bits per heavy atom. The lowest BCUT2D eigenvalue weighted by atomic mass is 9.86. The highest BCUT2D eigenvalue weighted by Crippen LogP contribution is 2.42. The predicted octanol–water partition coefficient (Wildman–Crippen LogP) is 3.58. The molecule has 1 aliphatic carbocycles. The molecule has 2 fully saturated rings. The molecule has 1 atom stereocenters. The molecule has 2 amide bonds. The number of nitrogens with zero attached hydrogens (tertiary/aromatic N) is 3. The van der Waals surface area contributed by atoms with Crippen molar-refractivity contribution in [3.05, 3.63) is 41.0 Å². The maximum atomic E-state index is 13.4. The van der Waals surface area contributed by atoms with Crippen molar-refractivity contribution in [3.8, 4) is 0 Å². The second-order valence-corrected chi connectivity index (χ2v) is 9.63. The Labute approximate surface area is 186 Å². The summed E-state index contributed by atoms with van der Waals surface area (Å²) < 4.78 is 0. The lowest BCUT2D eigenvalue weighted by Crippen LogP contribution is -2.50. The summed E-state index contributed by atoms with van der Waals surface area (Å²) >= 11 is 0. The van der Waals surface area contributed by atoms with Gasteiger partial charge in [-0.25, -0.2) is 5.84 Å². The third kappa shape index (κ3) is 4.41. The first-order chi connectivity index (χ1) is 14.9. The molecule has 0 aromatic heterocycles. The summed E-state index contributed by atoms with van der Waals surface area (Å²) in [7, 11) is 1.53. The Kier molecular flexibility index (Phi) is 6.49. The van der Waals surface area contributed by atoms with Crippen molar-refractivity contribution in [2.45, 2.75) is 76.8 Å². The van der Waals surface area contributed by atoms with Crippen molar-refractivity contribution >= 4 is 17.5 Å². The number of piperidine rings is 1. The minimum absolute atomic E-state index is 0.0562. The minimum atomic E-state index is -0.423. The van der Waals surface area contributed by atoms with Crippen LogP contribution in [0.5, 0.6) is 0 Å². The number of amides is 2. The van der Waals surface area contributed by atoms with Crippen molar-refractivity contribution in [1.29, 1.82) is 0 Å². The number of nitrogens with two attached hydrogens (primary N) is 1. The van der Waals surface area contributed by atoms with Gasteiger partial charge in [0.15, 0.2) is 0 Å². The molecule has 1 unspecified atom stereocenters. The largest absolute Gasteiger partial charge is 0.308 e. The van der Waals surface area contributed by atoms with Gasteiger partial charge in [0, 0.05) is 44.3 Å². The van der Waals surface area contributed by atoms with Gasteiger partial charge in [-0.15, -0.1) is 0 Å². The lowest BCUT2D eigenvalue weighted by Gasteiger charge is -2.42. The van der Waals surface area contributed by atoms with E-state index in [-0.39, 0.29) is 24.3 Å². The zero-order valence-corrected chi connectivity index (χ0v) is 19.1. The molecule has 6 heteroatoms. The predicted molar refractivity (Wildman–Crippen MR) is 123 cm³/mol. The molecule has 3 aliphatic rings. The topological polar surface area (TPSA) is 69.9 Å². The number of carbonyl (C=O) groups excluding carboxylic acids is 2. The monoisotopic (exact) mass is 424 g/mol. The molecule has 6 nitrogen and oxygen atoms in total. The van der Waals surface area contributed by atoms with Crippen LogP contribution in [0.15, 0.2) is 35.4 Å². The van der Waals surface area contributed by atoms with Gasteiger partial charge in [-0.3, -0.25) is 14.6 Å². The Balaban J connectivity index is 1.42. The zero-order chi connectivity index (χ0) is 22.1. The summed E-state index contributed by atoms with van der Waals surface area (Å²) in [4.78, 5) is 30.3. The molecular weight excluding hydrogens is 388 g/mol. The highest BCUT2D eigenvalue weighted by Gasteiger charge is 2.42. The van der Waals surface area contributed by atoms with Crippen LogP contribution < -0.4 is 10.7 Å². The van der Waals surface area contributed by atoms with E-state index >= 15 is 0 Å². The van der Waals surface area contributed by atoms with Gasteiger partial charge < -0.3 is 9.80 Å². The van der Waals surface area contributed by atoms with E-state index in [9.17, 15) is 9.59 Å². The van der Waals surface area contributed by atoms with E-state index in [4.69, 9.17) is 5.84 Å². The van der Waals surface area contributed by atoms with E-state index in [1.807, 2.05) is 29.2 Å². The Morgan fingerprint density at radius 2 is 1.71 bits per heavy atom. The maximum absolute atomic E-state index is 13.4. The molecule has 2 N–H and O–H groups in total.